The quantitative estimate of drug-likeness (QED) is 0.356. The predicted molar refractivity (Wildman–Crippen MR) is 126 cm³/mol. The molecule has 1 aliphatic heterocycles. The molecule has 0 bridgehead atoms. The summed E-state index contributed by atoms with van der Waals surface area (Å²) < 4.78 is 5.35. The Bertz CT molecular complexity index is 1080. The van der Waals surface area contributed by atoms with Crippen LogP contribution in [-0.2, 0) is 9.59 Å². The minimum Gasteiger partial charge on any atom is -0.507 e. The summed E-state index contributed by atoms with van der Waals surface area (Å²) in [6, 6.07) is 9.76. The molecule has 1 atom stereocenters. The summed E-state index contributed by atoms with van der Waals surface area (Å²) in [5.41, 5.74) is 1.86. The molecule has 1 saturated heterocycles. The lowest BCUT2D eigenvalue weighted by Crippen LogP contribution is -2.32. The number of hydrogen-bond acceptors (Lipinski definition) is 5. The van der Waals surface area contributed by atoms with E-state index in [4.69, 9.17) is 27.9 Å². The first kappa shape index (κ1) is 24.1. The summed E-state index contributed by atoms with van der Waals surface area (Å²) >= 11 is 12.4. The number of aliphatic hydroxyl groups excluding tert-OH is 1. The number of likely N-dealkylation sites (tertiary alicyclic amines) is 1. The van der Waals surface area contributed by atoms with Crippen LogP contribution in [0, 0.1) is 6.92 Å². The van der Waals surface area contributed by atoms with Gasteiger partial charge < -0.3 is 19.6 Å². The average Bonchev–Trinajstić information content (AvgIpc) is 2.97. The van der Waals surface area contributed by atoms with Crippen LogP contribution in [0.3, 0.4) is 0 Å². The first-order valence-electron chi connectivity index (χ1n) is 10.2. The molecule has 2 aromatic carbocycles. The Morgan fingerprint density at radius 2 is 1.91 bits per heavy atom. The van der Waals surface area contributed by atoms with Crippen LogP contribution in [0.2, 0.25) is 10.0 Å². The highest BCUT2D eigenvalue weighted by Gasteiger charge is 2.46. The van der Waals surface area contributed by atoms with Crippen molar-refractivity contribution in [3.63, 3.8) is 0 Å². The van der Waals surface area contributed by atoms with E-state index < -0.39 is 17.7 Å². The molecule has 1 fully saturated rings. The van der Waals surface area contributed by atoms with Gasteiger partial charge in [-0.15, -0.1) is 0 Å². The van der Waals surface area contributed by atoms with Crippen LogP contribution in [0.1, 0.15) is 29.2 Å². The summed E-state index contributed by atoms with van der Waals surface area (Å²) in [5, 5.41) is 11.7. The number of carbonyl (C=O) groups is 2. The molecule has 1 heterocycles. The molecule has 0 saturated carbocycles. The van der Waals surface area contributed by atoms with Crippen molar-refractivity contribution in [2.75, 3.05) is 34.3 Å². The van der Waals surface area contributed by atoms with Gasteiger partial charge in [-0.3, -0.25) is 9.59 Å². The van der Waals surface area contributed by atoms with Crippen LogP contribution in [0.25, 0.3) is 5.76 Å². The molecule has 0 spiro atoms. The predicted octanol–water partition coefficient (Wildman–Crippen LogP) is 4.68. The number of methoxy groups -OCH3 is 1. The Hall–Kier alpha value is -2.54. The van der Waals surface area contributed by atoms with Crippen molar-refractivity contribution in [2.24, 2.45) is 0 Å². The number of nitrogens with zero attached hydrogens (tertiary/aromatic N) is 2. The summed E-state index contributed by atoms with van der Waals surface area (Å²) in [5.74, 6) is -1.59. The number of rotatable bonds is 7. The molecule has 0 aromatic heterocycles. The number of aryl methyl sites for hydroxylation is 1. The second-order valence-corrected chi connectivity index (χ2v) is 8.88. The van der Waals surface area contributed by atoms with Crippen LogP contribution >= 0.6 is 23.2 Å². The van der Waals surface area contributed by atoms with E-state index in [-0.39, 0.29) is 32.7 Å². The standard InChI is InChI=1S/C24H26Cl2N2O4/c1-14-7-5-8-15(11-14)20-19(22(30)24(31)28(20)10-6-9-27(2)3)21(29)17-12-16(25)13-18(26)23(17)32-4/h5,7-8,11-13,20,29H,6,9-10H2,1-4H3/b21-19+. The fourth-order valence-corrected chi connectivity index (χ4v) is 4.51. The number of benzene rings is 2. The van der Waals surface area contributed by atoms with Gasteiger partial charge >= 0.3 is 0 Å². The molecule has 6 nitrogen and oxygen atoms in total. The lowest BCUT2D eigenvalue weighted by molar-refractivity contribution is -0.139. The van der Waals surface area contributed by atoms with E-state index >= 15 is 0 Å². The Balaban J connectivity index is 2.20. The Morgan fingerprint density at radius 3 is 2.53 bits per heavy atom. The van der Waals surface area contributed by atoms with Crippen LogP contribution in [0.4, 0.5) is 0 Å². The first-order chi connectivity index (χ1) is 15.1. The third-order valence-corrected chi connectivity index (χ3v) is 5.87. The highest BCUT2D eigenvalue weighted by molar-refractivity contribution is 6.46. The summed E-state index contributed by atoms with van der Waals surface area (Å²) in [7, 11) is 5.30. The van der Waals surface area contributed by atoms with Gasteiger partial charge in [-0.2, -0.15) is 0 Å². The fraction of sp³-hybridized carbons (Fsp3) is 0.333. The molecule has 1 amide bonds. The van der Waals surface area contributed by atoms with Crippen molar-refractivity contribution in [3.8, 4) is 5.75 Å². The van der Waals surface area contributed by atoms with Gasteiger partial charge in [0.1, 0.15) is 11.5 Å². The minimum atomic E-state index is -0.753. The molecular formula is C24H26Cl2N2O4. The number of carbonyl (C=O) groups excluding carboxylic acids is 2. The van der Waals surface area contributed by atoms with Crippen molar-refractivity contribution < 1.29 is 19.4 Å². The van der Waals surface area contributed by atoms with Crippen LogP contribution < -0.4 is 4.74 Å². The zero-order chi connectivity index (χ0) is 23.6. The number of amides is 1. The highest BCUT2D eigenvalue weighted by Crippen LogP contribution is 2.43. The van der Waals surface area contributed by atoms with Crippen molar-refractivity contribution in [2.45, 2.75) is 19.4 Å². The molecule has 2 aromatic rings. The van der Waals surface area contributed by atoms with Crippen LogP contribution in [0.15, 0.2) is 42.0 Å². The maximum Gasteiger partial charge on any atom is 0.295 e. The van der Waals surface area contributed by atoms with E-state index in [2.05, 4.69) is 0 Å². The maximum absolute atomic E-state index is 13.1. The fourth-order valence-electron chi connectivity index (χ4n) is 3.94. The van der Waals surface area contributed by atoms with Gasteiger partial charge in [-0.1, -0.05) is 53.0 Å². The van der Waals surface area contributed by atoms with Crippen molar-refractivity contribution in [3.05, 3.63) is 68.7 Å². The number of hydrogen-bond donors (Lipinski definition) is 1. The average molecular weight is 477 g/mol. The highest BCUT2D eigenvalue weighted by atomic mass is 35.5. The number of aliphatic hydroxyl groups is 1. The lowest BCUT2D eigenvalue weighted by atomic mass is 9.94. The molecule has 0 aliphatic carbocycles. The maximum atomic E-state index is 13.1. The largest absolute Gasteiger partial charge is 0.507 e. The van der Waals surface area contributed by atoms with Gasteiger partial charge in [0.15, 0.2) is 0 Å². The Labute approximate surface area is 198 Å². The van der Waals surface area contributed by atoms with Crippen LogP contribution in [-0.4, -0.2) is 60.9 Å². The zero-order valence-electron chi connectivity index (χ0n) is 18.5. The van der Waals surface area contributed by atoms with E-state index in [1.807, 2.05) is 50.2 Å². The number of Topliss-reactive ketones (excluding diaryl/α,β-unsaturated/α-hetero) is 1. The second kappa shape index (κ2) is 9.94. The molecule has 0 radical (unpaired) electrons. The summed E-state index contributed by atoms with van der Waals surface area (Å²) in [4.78, 5) is 29.7. The minimum absolute atomic E-state index is 0.0120. The Kier molecular flexibility index (Phi) is 7.49. The van der Waals surface area contributed by atoms with E-state index in [1.165, 1.54) is 24.1 Å². The molecular weight excluding hydrogens is 451 g/mol. The van der Waals surface area contributed by atoms with Crippen molar-refractivity contribution >= 4 is 40.7 Å². The topological polar surface area (TPSA) is 70.1 Å². The number of halogens is 2. The molecule has 3 rings (SSSR count). The SMILES string of the molecule is COc1c(Cl)cc(Cl)cc1/C(O)=C1\C(=O)C(=O)N(CCCN(C)C)C1c1cccc(C)c1. The van der Waals surface area contributed by atoms with E-state index in [0.717, 1.165) is 17.7 Å². The monoisotopic (exact) mass is 476 g/mol. The van der Waals surface area contributed by atoms with Gasteiger partial charge in [0.25, 0.3) is 11.7 Å². The van der Waals surface area contributed by atoms with E-state index in [1.54, 1.807) is 0 Å². The van der Waals surface area contributed by atoms with E-state index in [0.29, 0.717) is 13.0 Å². The number of ketones is 1. The Morgan fingerprint density at radius 1 is 1.19 bits per heavy atom. The van der Waals surface area contributed by atoms with Gasteiger partial charge in [0.05, 0.1) is 29.3 Å². The smallest absolute Gasteiger partial charge is 0.295 e. The van der Waals surface area contributed by atoms with Gasteiger partial charge in [0, 0.05) is 11.6 Å². The third-order valence-electron chi connectivity index (χ3n) is 5.37. The molecule has 170 valence electrons. The molecule has 1 N–H and O–H groups in total. The molecule has 32 heavy (non-hydrogen) atoms. The number of ether oxygens (including phenoxy) is 1. The molecule has 1 aliphatic rings. The zero-order valence-corrected chi connectivity index (χ0v) is 20.0. The summed E-state index contributed by atoms with van der Waals surface area (Å²) in [6.07, 6.45) is 0.675. The normalized spacial score (nSPS) is 18.0. The van der Waals surface area contributed by atoms with Crippen molar-refractivity contribution in [1.29, 1.82) is 0 Å². The van der Waals surface area contributed by atoms with Gasteiger partial charge in [0.2, 0.25) is 0 Å². The second-order valence-electron chi connectivity index (χ2n) is 8.03. The lowest BCUT2D eigenvalue weighted by Gasteiger charge is -2.26. The first-order valence-corrected chi connectivity index (χ1v) is 10.9. The summed E-state index contributed by atoms with van der Waals surface area (Å²) in [6.45, 7) is 3.05. The van der Waals surface area contributed by atoms with E-state index in [9.17, 15) is 14.7 Å². The third kappa shape index (κ3) is 4.77. The van der Waals surface area contributed by atoms with Crippen molar-refractivity contribution in [1.82, 2.24) is 9.80 Å². The molecule has 8 heteroatoms. The van der Waals surface area contributed by atoms with Gasteiger partial charge in [-0.25, -0.2) is 0 Å². The van der Waals surface area contributed by atoms with Gasteiger partial charge in [-0.05, 0) is 51.7 Å². The van der Waals surface area contributed by atoms with Crippen LogP contribution in [0.5, 0.6) is 5.75 Å². The molecule has 1 unspecified atom stereocenters.